The number of nitrogens with one attached hydrogen (secondary N) is 2. The number of amides is 1. The van der Waals surface area contributed by atoms with Crippen molar-refractivity contribution in [2.45, 2.75) is 13.5 Å². The molecular formula is C16H23FN4O. The van der Waals surface area contributed by atoms with Gasteiger partial charge in [0.25, 0.3) is 0 Å². The molecule has 0 aliphatic rings. The molecule has 0 saturated heterocycles. The maximum atomic E-state index is 13.1. The first kappa shape index (κ1) is 17.7. The summed E-state index contributed by atoms with van der Waals surface area (Å²) in [6.45, 7) is 6.70. The number of carbonyl (C=O) groups is 1. The van der Waals surface area contributed by atoms with Gasteiger partial charge in [-0.05, 0) is 24.6 Å². The largest absolute Gasteiger partial charge is 0.353 e. The molecule has 5 nitrogen and oxygen atoms in total. The van der Waals surface area contributed by atoms with Crippen LogP contribution >= 0.6 is 0 Å². The summed E-state index contributed by atoms with van der Waals surface area (Å²) in [6, 6.07) is 6.27. The lowest BCUT2D eigenvalue weighted by atomic mass is 10.2. The molecule has 0 heterocycles. The molecule has 1 rings (SSSR count). The maximum absolute atomic E-state index is 13.1. The van der Waals surface area contributed by atoms with Gasteiger partial charge in [-0.2, -0.15) is 0 Å². The fraction of sp³-hybridized carbons (Fsp3) is 0.375. The molecule has 0 unspecified atom stereocenters. The van der Waals surface area contributed by atoms with Gasteiger partial charge < -0.3 is 15.5 Å². The Bertz CT molecular complexity index is 555. The summed E-state index contributed by atoms with van der Waals surface area (Å²) < 4.78 is 13.1. The molecule has 22 heavy (non-hydrogen) atoms. The van der Waals surface area contributed by atoms with Gasteiger partial charge in [0.1, 0.15) is 5.82 Å². The number of hydrogen-bond donors (Lipinski definition) is 2. The Labute approximate surface area is 130 Å². The lowest BCUT2D eigenvalue weighted by molar-refractivity contribution is -0.127. The van der Waals surface area contributed by atoms with E-state index in [1.54, 1.807) is 26.2 Å². The molecular weight excluding hydrogens is 283 g/mol. The highest BCUT2D eigenvalue weighted by Crippen LogP contribution is 2.04. The molecule has 0 aliphatic heterocycles. The van der Waals surface area contributed by atoms with Gasteiger partial charge in [-0.1, -0.05) is 24.3 Å². The Morgan fingerprint density at radius 3 is 2.59 bits per heavy atom. The van der Waals surface area contributed by atoms with Gasteiger partial charge in [0, 0.05) is 20.6 Å². The van der Waals surface area contributed by atoms with E-state index in [1.807, 2.05) is 6.92 Å². The molecule has 120 valence electrons. The van der Waals surface area contributed by atoms with E-state index < -0.39 is 0 Å². The van der Waals surface area contributed by atoms with E-state index in [2.05, 4.69) is 22.2 Å². The number of likely N-dealkylation sites (N-methyl/N-ethyl adjacent to an activating group) is 1. The van der Waals surface area contributed by atoms with Gasteiger partial charge >= 0.3 is 0 Å². The number of guanidine groups is 1. The number of aliphatic imine (C=N–C) groups is 1. The number of halogens is 1. The zero-order valence-corrected chi connectivity index (χ0v) is 13.3. The van der Waals surface area contributed by atoms with E-state index in [0.717, 1.165) is 11.1 Å². The molecule has 0 spiro atoms. The van der Waals surface area contributed by atoms with Gasteiger partial charge in [0.15, 0.2) is 5.96 Å². The van der Waals surface area contributed by atoms with Crippen LogP contribution in [0.5, 0.6) is 0 Å². The molecule has 0 saturated carbocycles. The summed E-state index contributed by atoms with van der Waals surface area (Å²) in [5, 5.41) is 6.03. The first-order chi connectivity index (χ1) is 10.4. The molecule has 2 N–H and O–H groups in total. The third-order valence-electron chi connectivity index (χ3n) is 2.77. The fourth-order valence-electron chi connectivity index (χ4n) is 1.53. The second-order valence-electron chi connectivity index (χ2n) is 5.25. The topological polar surface area (TPSA) is 56.7 Å². The van der Waals surface area contributed by atoms with E-state index in [9.17, 15) is 9.18 Å². The monoisotopic (exact) mass is 306 g/mol. The molecule has 0 fully saturated rings. The van der Waals surface area contributed by atoms with Crippen molar-refractivity contribution in [2.24, 2.45) is 4.99 Å². The smallest absolute Gasteiger partial charge is 0.241 e. The van der Waals surface area contributed by atoms with Crippen LogP contribution in [0, 0.1) is 5.82 Å². The van der Waals surface area contributed by atoms with E-state index in [0.29, 0.717) is 19.0 Å². The molecule has 6 heteroatoms. The standard InChI is InChI=1S/C16H23FN4O/c1-12(2)9-18-16(20-11-15(22)21(3)4)19-10-13-6-5-7-14(17)8-13/h5-8H,1,9-11H2,2-4H3,(H2,18,19,20). The molecule has 0 radical (unpaired) electrons. The highest BCUT2D eigenvalue weighted by Gasteiger charge is 2.05. The Kier molecular flexibility index (Phi) is 7.08. The maximum Gasteiger partial charge on any atom is 0.241 e. The minimum absolute atomic E-state index is 0.0596. The SMILES string of the molecule is C=C(C)CNC(=NCc1cccc(F)c1)NCC(=O)N(C)C. The molecule has 0 bridgehead atoms. The zero-order chi connectivity index (χ0) is 16.5. The predicted molar refractivity (Wildman–Crippen MR) is 87.1 cm³/mol. The van der Waals surface area contributed by atoms with Crippen LogP contribution in [0.15, 0.2) is 41.4 Å². The second kappa shape index (κ2) is 8.81. The van der Waals surface area contributed by atoms with Gasteiger partial charge in [0.2, 0.25) is 5.91 Å². The van der Waals surface area contributed by atoms with Crippen molar-refractivity contribution >= 4 is 11.9 Å². The first-order valence-electron chi connectivity index (χ1n) is 6.99. The third-order valence-corrected chi connectivity index (χ3v) is 2.77. The molecule has 0 atom stereocenters. The Morgan fingerprint density at radius 1 is 1.32 bits per heavy atom. The van der Waals surface area contributed by atoms with Gasteiger partial charge in [-0.3, -0.25) is 4.79 Å². The average Bonchev–Trinajstić information content (AvgIpc) is 2.45. The first-order valence-corrected chi connectivity index (χ1v) is 6.99. The molecule has 0 aromatic heterocycles. The van der Waals surface area contributed by atoms with Crippen molar-refractivity contribution in [1.29, 1.82) is 0 Å². The molecule has 1 amide bonds. The van der Waals surface area contributed by atoms with Crippen LogP contribution < -0.4 is 10.6 Å². The van der Waals surface area contributed by atoms with Crippen molar-refractivity contribution in [1.82, 2.24) is 15.5 Å². The number of rotatable bonds is 6. The normalized spacial score (nSPS) is 11.0. The summed E-state index contributed by atoms with van der Waals surface area (Å²) in [7, 11) is 3.38. The number of benzene rings is 1. The van der Waals surface area contributed by atoms with Crippen LogP contribution in [0.3, 0.4) is 0 Å². The van der Waals surface area contributed by atoms with E-state index >= 15 is 0 Å². The lowest BCUT2D eigenvalue weighted by Gasteiger charge is -2.15. The Balaban J connectivity index is 2.68. The van der Waals surface area contributed by atoms with E-state index in [4.69, 9.17) is 0 Å². The van der Waals surface area contributed by atoms with Crippen LogP contribution in [0.4, 0.5) is 4.39 Å². The summed E-state index contributed by atoms with van der Waals surface area (Å²) >= 11 is 0. The van der Waals surface area contributed by atoms with Gasteiger partial charge in [-0.25, -0.2) is 9.38 Å². The summed E-state index contributed by atoms with van der Waals surface area (Å²) in [4.78, 5) is 17.5. The van der Waals surface area contributed by atoms with Crippen molar-refractivity contribution < 1.29 is 9.18 Å². The van der Waals surface area contributed by atoms with Crippen LogP contribution in [0.1, 0.15) is 12.5 Å². The minimum Gasteiger partial charge on any atom is -0.353 e. The zero-order valence-electron chi connectivity index (χ0n) is 13.3. The summed E-state index contributed by atoms with van der Waals surface area (Å²) in [5.74, 6) is 0.137. The number of hydrogen-bond acceptors (Lipinski definition) is 2. The molecule has 0 aliphatic carbocycles. The van der Waals surface area contributed by atoms with Gasteiger partial charge in [0.05, 0.1) is 13.1 Å². The lowest BCUT2D eigenvalue weighted by Crippen LogP contribution is -2.43. The van der Waals surface area contributed by atoms with Crippen molar-refractivity contribution in [3.05, 3.63) is 47.8 Å². The van der Waals surface area contributed by atoms with E-state index in [1.165, 1.54) is 17.0 Å². The summed E-state index contributed by atoms with van der Waals surface area (Å²) in [6.07, 6.45) is 0. The van der Waals surface area contributed by atoms with Gasteiger partial charge in [-0.15, -0.1) is 0 Å². The fourth-order valence-corrected chi connectivity index (χ4v) is 1.53. The van der Waals surface area contributed by atoms with Crippen molar-refractivity contribution in [3.63, 3.8) is 0 Å². The number of carbonyl (C=O) groups excluding carboxylic acids is 1. The second-order valence-corrected chi connectivity index (χ2v) is 5.25. The predicted octanol–water partition coefficient (Wildman–Crippen LogP) is 1.53. The van der Waals surface area contributed by atoms with Crippen molar-refractivity contribution in [2.75, 3.05) is 27.2 Å². The third kappa shape index (κ3) is 6.88. The Hall–Kier alpha value is -2.37. The quantitative estimate of drug-likeness (QED) is 0.476. The minimum atomic E-state index is -0.292. The molecule has 1 aromatic rings. The van der Waals surface area contributed by atoms with Crippen LogP contribution in [-0.4, -0.2) is 44.0 Å². The average molecular weight is 306 g/mol. The van der Waals surface area contributed by atoms with E-state index in [-0.39, 0.29) is 18.3 Å². The van der Waals surface area contributed by atoms with Crippen LogP contribution in [0.25, 0.3) is 0 Å². The highest BCUT2D eigenvalue weighted by atomic mass is 19.1. The summed E-state index contributed by atoms with van der Waals surface area (Å²) in [5.41, 5.74) is 1.70. The number of nitrogens with zero attached hydrogens (tertiary/aromatic N) is 2. The van der Waals surface area contributed by atoms with Crippen molar-refractivity contribution in [3.8, 4) is 0 Å². The molecule has 1 aromatic carbocycles. The van der Waals surface area contributed by atoms with Crippen LogP contribution in [0.2, 0.25) is 0 Å². The highest BCUT2D eigenvalue weighted by molar-refractivity contribution is 5.86. The van der Waals surface area contributed by atoms with Crippen LogP contribution in [-0.2, 0) is 11.3 Å². The Morgan fingerprint density at radius 2 is 2.00 bits per heavy atom.